The Morgan fingerprint density at radius 3 is 2.74 bits per heavy atom. The van der Waals surface area contributed by atoms with Gasteiger partial charge in [0, 0.05) is 13.5 Å². The van der Waals surface area contributed by atoms with Gasteiger partial charge in [-0.05, 0) is 37.4 Å². The molecule has 0 saturated carbocycles. The Morgan fingerprint density at radius 2 is 2.11 bits per heavy atom. The van der Waals surface area contributed by atoms with Crippen molar-refractivity contribution in [2.45, 2.75) is 26.2 Å². The van der Waals surface area contributed by atoms with Crippen molar-refractivity contribution in [3.63, 3.8) is 0 Å². The molecule has 4 heteroatoms. The van der Waals surface area contributed by atoms with Crippen molar-refractivity contribution >= 4 is 11.6 Å². The van der Waals surface area contributed by atoms with E-state index in [0.29, 0.717) is 30.1 Å². The summed E-state index contributed by atoms with van der Waals surface area (Å²) in [5.41, 5.74) is 6.68. The molecule has 0 heterocycles. The maximum Gasteiger partial charge on any atom is 0.226 e. The van der Waals surface area contributed by atoms with Gasteiger partial charge in [-0.3, -0.25) is 4.79 Å². The van der Waals surface area contributed by atoms with E-state index in [1.807, 2.05) is 6.07 Å². The highest BCUT2D eigenvalue weighted by molar-refractivity contribution is 5.94. The number of para-hydroxylation sites is 1. The zero-order chi connectivity index (χ0) is 14.3. The molecule has 0 radical (unpaired) electrons. The number of nitrogens with zero attached hydrogens (tertiary/aromatic N) is 2. The molecule has 0 aromatic heterocycles. The van der Waals surface area contributed by atoms with Crippen molar-refractivity contribution in [2.24, 2.45) is 11.7 Å². The highest BCUT2D eigenvalue weighted by Crippen LogP contribution is 2.20. The Kier molecular flexibility index (Phi) is 6.04. The molecule has 1 unspecified atom stereocenters. The van der Waals surface area contributed by atoms with Gasteiger partial charge in [-0.15, -0.1) is 0 Å². The monoisotopic (exact) mass is 259 g/mol. The second-order valence-electron chi connectivity index (χ2n) is 4.80. The number of carbonyl (C=O) groups is 1. The average molecular weight is 259 g/mol. The van der Waals surface area contributed by atoms with Crippen LogP contribution in [-0.4, -0.2) is 19.5 Å². The number of nitriles is 1. The van der Waals surface area contributed by atoms with E-state index in [1.54, 1.807) is 30.1 Å². The number of nitrogens with two attached hydrogens (primary N) is 1. The molecule has 19 heavy (non-hydrogen) atoms. The molecule has 0 aliphatic heterocycles. The first kappa shape index (κ1) is 15.2. The Bertz CT molecular complexity index is 465. The minimum Gasteiger partial charge on any atom is -0.330 e. The highest BCUT2D eigenvalue weighted by atomic mass is 16.2. The SMILES string of the molecule is CC(CCN)CCC(=O)N(C)c1ccccc1C#N. The maximum atomic E-state index is 12.1. The molecular weight excluding hydrogens is 238 g/mol. The van der Waals surface area contributed by atoms with Crippen molar-refractivity contribution in [2.75, 3.05) is 18.5 Å². The van der Waals surface area contributed by atoms with Gasteiger partial charge < -0.3 is 10.6 Å². The van der Waals surface area contributed by atoms with Crippen LogP contribution in [-0.2, 0) is 4.79 Å². The summed E-state index contributed by atoms with van der Waals surface area (Å²) in [4.78, 5) is 13.7. The molecule has 102 valence electrons. The predicted octanol–water partition coefficient (Wildman–Crippen LogP) is 2.29. The van der Waals surface area contributed by atoms with Gasteiger partial charge in [-0.1, -0.05) is 19.1 Å². The second kappa shape index (κ2) is 7.55. The van der Waals surface area contributed by atoms with Crippen LogP contribution in [0.2, 0.25) is 0 Å². The molecular formula is C15H21N3O. The van der Waals surface area contributed by atoms with Gasteiger partial charge in [-0.25, -0.2) is 0 Å². The largest absolute Gasteiger partial charge is 0.330 e. The van der Waals surface area contributed by atoms with E-state index < -0.39 is 0 Å². The minimum absolute atomic E-state index is 0.0339. The summed E-state index contributed by atoms with van der Waals surface area (Å²) in [5, 5.41) is 9.04. The number of hydrogen-bond acceptors (Lipinski definition) is 3. The molecule has 1 aromatic carbocycles. The molecule has 1 atom stereocenters. The van der Waals surface area contributed by atoms with Crippen molar-refractivity contribution in [3.8, 4) is 6.07 Å². The number of anilines is 1. The van der Waals surface area contributed by atoms with E-state index in [-0.39, 0.29) is 5.91 Å². The fourth-order valence-corrected chi connectivity index (χ4v) is 1.96. The highest BCUT2D eigenvalue weighted by Gasteiger charge is 2.15. The number of hydrogen-bond donors (Lipinski definition) is 1. The third-order valence-corrected chi connectivity index (χ3v) is 3.27. The third-order valence-electron chi connectivity index (χ3n) is 3.27. The van der Waals surface area contributed by atoms with Crippen LogP contribution in [0.3, 0.4) is 0 Å². The number of carbonyl (C=O) groups excluding carboxylic acids is 1. The van der Waals surface area contributed by atoms with E-state index >= 15 is 0 Å². The minimum atomic E-state index is 0.0339. The lowest BCUT2D eigenvalue weighted by molar-refractivity contribution is -0.118. The van der Waals surface area contributed by atoms with E-state index in [9.17, 15) is 4.79 Å². The van der Waals surface area contributed by atoms with Crippen LogP contribution < -0.4 is 10.6 Å². The Balaban J connectivity index is 2.65. The van der Waals surface area contributed by atoms with Gasteiger partial charge in [0.05, 0.1) is 11.3 Å². The first-order valence-corrected chi connectivity index (χ1v) is 6.56. The molecule has 0 bridgehead atoms. The van der Waals surface area contributed by atoms with Crippen molar-refractivity contribution in [1.82, 2.24) is 0 Å². The number of rotatable bonds is 6. The molecule has 0 saturated heterocycles. The molecule has 2 N–H and O–H groups in total. The van der Waals surface area contributed by atoms with Gasteiger partial charge in [0.25, 0.3) is 0 Å². The summed E-state index contributed by atoms with van der Waals surface area (Å²) in [6.07, 6.45) is 2.25. The Hall–Kier alpha value is -1.86. The topological polar surface area (TPSA) is 70.1 Å². The van der Waals surface area contributed by atoms with E-state index in [2.05, 4.69) is 13.0 Å². The first-order valence-electron chi connectivity index (χ1n) is 6.56. The van der Waals surface area contributed by atoms with Gasteiger partial charge >= 0.3 is 0 Å². The number of amides is 1. The van der Waals surface area contributed by atoms with Crippen molar-refractivity contribution in [3.05, 3.63) is 29.8 Å². The van der Waals surface area contributed by atoms with Gasteiger partial charge in [0.1, 0.15) is 6.07 Å². The fourth-order valence-electron chi connectivity index (χ4n) is 1.96. The smallest absolute Gasteiger partial charge is 0.226 e. The molecule has 0 aliphatic carbocycles. The summed E-state index contributed by atoms with van der Waals surface area (Å²) in [6, 6.07) is 9.24. The molecule has 1 amide bonds. The quantitative estimate of drug-likeness (QED) is 0.852. The van der Waals surface area contributed by atoms with Crippen LogP contribution in [0.1, 0.15) is 31.7 Å². The van der Waals surface area contributed by atoms with Gasteiger partial charge in [0.2, 0.25) is 5.91 Å². The maximum absolute atomic E-state index is 12.1. The van der Waals surface area contributed by atoms with Crippen LogP contribution in [0, 0.1) is 17.2 Å². The lowest BCUT2D eigenvalue weighted by Gasteiger charge is -2.19. The summed E-state index contributed by atoms with van der Waals surface area (Å²) in [6.45, 7) is 2.76. The molecule has 0 aliphatic rings. The summed E-state index contributed by atoms with van der Waals surface area (Å²) >= 11 is 0. The Morgan fingerprint density at radius 1 is 1.42 bits per heavy atom. The van der Waals surface area contributed by atoms with Crippen molar-refractivity contribution < 1.29 is 4.79 Å². The summed E-state index contributed by atoms with van der Waals surface area (Å²) in [5.74, 6) is 0.486. The van der Waals surface area contributed by atoms with E-state index in [0.717, 1.165) is 12.8 Å². The molecule has 1 rings (SSSR count). The Labute approximate surface area is 114 Å². The van der Waals surface area contributed by atoms with Crippen LogP contribution in [0.15, 0.2) is 24.3 Å². The summed E-state index contributed by atoms with van der Waals surface area (Å²) < 4.78 is 0. The predicted molar refractivity (Wildman–Crippen MR) is 76.6 cm³/mol. The van der Waals surface area contributed by atoms with Crippen LogP contribution >= 0.6 is 0 Å². The van der Waals surface area contributed by atoms with Crippen LogP contribution in [0.25, 0.3) is 0 Å². The van der Waals surface area contributed by atoms with Crippen LogP contribution in [0.5, 0.6) is 0 Å². The first-order chi connectivity index (χ1) is 9.10. The molecule has 0 fully saturated rings. The molecule has 1 aromatic rings. The number of benzene rings is 1. The van der Waals surface area contributed by atoms with Crippen LogP contribution in [0.4, 0.5) is 5.69 Å². The fraction of sp³-hybridized carbons (Fsp3) is 0.467. The molecule has 0 spiro atoms. The van der Waals surface area contributed by atoms with Crippen molar-refractivity contribution in [1.29, 1.82) is 5.26 Å². The summed E-state index contributed by atoms with van der Waals surface area (Å²) in [7, 11) is 1.71. The standard InChI is InChI=1S/C15H21N3O/c1-12(9-10-16)7-8-15(19)18(2)14-6-4-3-5-13(14)11-17/h3-6,12H,7-10,16H2,1-2H3. The third kappa shape index (κ3) is 4.38. The van der Waals surface area contributed by atoms with E-state index in [1.165, 1.54) is 0 Å². The lowest BCUT2D eigenvalue weighted by Crippen LogP contribution is -2.27. The van der Waals surface area contributed by atoms with Gasteiger partial charge in [0.15, 0.2) is 0 Å². The zero-order valence-corrected chi connectivity index (χ0v) is 11.6. The van der Waals surface area contributed by atoms with E-state index in [4.69, 9.17) is 11.0 Å². The van der Waals surface area contributed by atoms with Gasteiger partial charge in [-0.2, -0.15) is 5.26 Å². The normalized spacial score (nSPS) is 11.7. The second-order valence-corrected chi connectivity index (χ2v) is 4.80. The average Bonchev–Trinajstić information content (AvgIpc) is 2.44. The zero-order valence-electron chi connectivity index (χ0n) is 11.6. The molecule has 4 nitrogen and oxygen atoms in total. The lowest BCUT2D eigenvalue weighted by atomic mass is 10.0.